The molecule has 0 bridgehead atoms. The zero-order valence-electron chi connectivity index (χ0n) is 16.4. The van der Waals surface area contributed by atoms with Gasteiger partial charge in [-0.1, -0.05) is 0 Å². The molecule has 2 aliphatic rings. The van der Waals surface area contributed by atoms with Crippen molar-refractivity contribution in [3.8, 4) is 0 Å². The summed E-state index contributed by atoms with van der Waals surface area (Å²) in [5, 5.41) is 0. The van der Waals surface area contributed by atoms with Gasteiger partial charge in [0.25, 0.3) is 0 Å². The molecule has 0 radical (unpaired) electrons. The van der Waals surface area contributed by atoms with Gasteiger partial charge in [-0.3, -0.25) is 0 Å². The Hall–Kier alpha value is -1.09. The molecule has 142 valence electrons. The van der Waals surface area contributed by atoms with E-state index in [1.807, 2.05) is 11.0 Å². The number of carbonyl (C=O) groups excluding carboxylic acids is 1. The fourth-order valence-corrected chi connectivity index (χ4v) is 6.83. The van der Waals surface area contributed by atoms with Crippen molar-refractivity contribution in [1.82, 2.24) is 4.90 Å². The third kappa shape index (κ3) is 3.78. The van der Waals surface area contributed by atoms with Gasteiger partial charge in [0.1, 0.15) is 0 Å². The average molecular weight is 420 g/mol. The van der Waals surface area contributed by atoms with E-state index in [9.17, 15) is 4.79 Å². The molecule has 3 nitrogen and oxygen atoms in total. The summed E-state index contributed by atoms with van der Waals surface area (Å²) < 4.78 is 7.99. The Morgan fingerprint density at radius 3 is 2.69 bits per heavy atom. The van der Waals surface area contributed by atoms with Gasteiger partial charge in [0.2, 0.25) is 0 Å². The molecule has 1 aromatic rings. The summed E-state index contributed by atoms with van der Waals surface area (Å²) >= 11 is 0.245. The summed E-state index contributed by atoms with van der Waals surface area (Å²) in [7, 11) is 0. The van der Waals surface area contributed by atoms with Crippen LogP contribution in [0.2, 0.25) is 4.82 Å². The number of hydrogen-bond donors (Lipinski definition) is 0. The first kappa shape index (κ1) is 19.7. The average Bonchev–Trinajstić information content (AvgIpc) is 2.61. The summed E-state index contributed by atoms with van der Waals surface area (Å²) in [6, 6.07) is 10.6. The summed E-state index contributed by atoms with van der Waals surface area (Å²) in [5.41, 5.74) is -0.208. The van der Waals surface area contributed by atoms with Crippen molar-refractivity contribution in [3.63, 3.8) is 0 Å². The molecule has 1 saturated carbocycles. The predicted molar refractivity (Wildman–Crippen MR) is 108 cm³/mol. The summed E-state index contributed by atoms with van der Waals surface area (Å²) in [4.78, 5) is 15.1. The molecule has 0 aromatic heterocycles. The van der Waals surface area contributed by atoms with Crippen LogP contribution in [0, 0.1) is 11.8 Å². The van der Waals surface area contributed by atoms with Gasteiger partial charge in [-0.2, -0.15) is 0 Å². The zero-order valence-corrected chi connectivity index (χ0v) is 18.1. The first-order valence-electron chi connectivity index (χ1n) is 9.67. The van der Waals surface area contributed by atoms with E-state index in [1.165, 1.54) is 17.0 Å². The number of benzene rings is 1. The van der Waals surface area contributed by atoms with Gasteiger partial charge in [0, 0.05) is 0 Å². The van der Waals surface area contributed by atoms with E-state index in [1.54, 1.807) is 0 Å². The van der Waals surface area contributed by atoms with Crippen LogP contribution in [0.4, 0.5) is 0 Å². The molecule has 0 spiro atoms. The van der Waals surface area contributed by atoms with E-state index in [4.69, 9.17) is 4.74 Å². The van der Waals surface area contributed by atoms with Crippen LogP contribution in [-0.4, -0.2) is 43.6 Å². The molecule has 1 aliphatic carbocycles. The Kier molecular flexibility index (Phi) is 5.96. The van der Waals surface area contributed by atoms with E-state index in [2.05, 4.69) is 58.5 Å². The van der Waals surface area contributed by atoms with Gasteiger partial charge in [0.15, 0.2) is 0 Å². The molecule has 0 N–H and O–H groups in total. The predicted octanol–water partition coefficient (Wildman–Crippen LogP) is 3.78. The van der Waals surface area contributed by atoms with Crippen molar-refractivity contribution in [2.45, 2.75) is 69.6 Å². The van der Waals surface area contributed by atoms with Crippen LogP contribution in [0.25, 0.3) is 0 Å². The van der Waals surface area contributed by atoms with Gasteiger partial charge in [-0.05, 0) is 0 Å². The monoisotopic (exact) mass is 421 g/mol. The van der Waals surface area contributed by atoms with Gasteiger partial charge in [-0.25, -0.2) is 0 Å². The van der Waals surface area contributed by atoms with Crippen molar-refractivity contribution in [1.29, 1.82) is 0 Å². The second kappa shape index (κ2) is 7.88. The quantitative estimate of drug-likeness (QED) is 0.548. The molecule has 1 heterocycles. The van der Waals surface area contributed by atoms with Crippen molar-refractivity contribution in [2.24, 2.45) is 11.8 Å². The van der Waals surface area contributed by atoms with E-state index in [-0.39, 0.29) is 43.6 Å². The fraction of sp³-hybridized carbons (Fsp3) is 0.591. The molecule has 1 aromatic carbocycles. The van der Waals surface area contributed by atoms with Crippen LogP contribution in [0.1, 0.15) is 47.0 Å². The molecule has 3 rings (SSSR count). The Bertz CT molecular complexity index is 645. The van der Waals surface area contributed by atoms with Gasteiger partial charge in [0.05, 0.1) is 0 Å². The molecule has 1 amide bonds. The third-order valence-corrected chi connectivity index (χ3v) is 8.44. The summed E-state index contributed by atoms with van der Waals surface area (Å²) in [6.45, 7) is 12.7. The molecule has 4 heteroatoms. The second-order valence-corrected chi connectivity index (χ2v) is 11.3. The number of hydrogen-bond acceptors (Lipinski definition) is 2. The number of carbonyl (C=O) groups is 1. The van der Waals surface area contributed by atoms with E-state index in [0.29, 0.717) is 11.8 Å². The van der Waals surface area contributed by atoms with Crippen LogP contribution in [-0.2, 0) is 9.53 Å². The number of nitrogens with zero attached hydrogens (tertiary/aromatic N) is 1. The molecular weight excluding hydrogens is 389 g/mol. The van der Waals surface area contributed by atoms with Gasteiger partial charge >= 0.3 is 164 Å². The van der Waals surface area contributed by atoms with Crippen molar-refractivity contribution >= 4 is 25.3 Å². The molecule has 1 aliphatic heterocycles. The second-order valence-electron chi connectivity index (χ2n) is 8.29. The van der Waals surface area contributed by atoms with Crippen LogP contribution in [0.5, 0.6) is 0 Å². The van der Waals surface area contributed by atoms with Crippen LogP contribution >= 0.6 is 0 Å². The molecule has 5 atom stereocenters. The van der Waals surface area contributed by atoms with E-state index in [0.717, 1.165) is 12.8 Å². The standard InChI is InChI=1S/C22H31NO2Se/c1-6-20(24)23-21(16(3)26-17-10-8-7-9-11-17)25-19-14-15(2)12-13-18(19)22(23,4)5/h6-11,15-16,18-19,21H,1,12-14H2,2-5H3/t15-,16+,18-,19-,21+/m1/s1. The molecular formula is C22H31NO2Se. The summed E-state index contributed by atoms with van der Waals surface area (Å²) in [5.74, 6) is 1.09. The Balaban J connectivity index is 1.89. The number of amides is 1. The van der Waals surface area contributed by atoms with Crippen LogP contribution in [0.3, 0.4) is 0 Å². The maximum atomic E-state index is 12.8. The Morgan fingerprint density at radius 2 is 2.04 bits per heavy atom. The van der Waals surface area contributed by atoms with Gasteiger partial charge < -0.3 is 0 Å². The molecule has 0 unspecified atom stereocenters. The van der Waals surface area contributed by atoms with Gasteiger partial charge in [-0.15, -0.1) is 0 Å². The topological polar surface area (TPSA) is 29.5 Å². The SMILES string of the molecule is C=CC(=O)N1[C@H]([C@H](C)[Se]c2ccccc2)O[C@@H]2C[C@H](C)CC[C@H]2C1(C)C. The fourth-order valence-electron chi connectivity index (χ4n) is 4.63. The Morgan fingerprint density at radius 1 is 1.35 bits per heavy atom. The van der Waals surface area contributed by atoms with Crippen molar-refractivity contribution in [3.05, 3.63) is 43.0 Å². The number of ether oxygens (including phenoxy) is 1. The third-order valence-electron chi connectivity index (χ3n) is 6.03. The first-order chi connectivity index (χ1) is 12.3. The van der Waals surface area contributed by atoms with Crippen LogP contribution in [0.15, 0.2) is 43.0 Å². The summed E-state index contributed by atoms with van der Waals surface area (Å²) in [6.07, 6.45) is 4.98. The molecule has 1 saturated heterocycles. The normalized spacial score (nSPS) is 31.8. The first-order valence-corrected chi connectivity index (χ1v) is 11.5. The Labute approximate surface area is 164 Å². The van der Waals surface area contributed by atoms with Crippen molar-refractivity contribution < 1.29 is 9.53 Å². The van der Waals surface area contributed by atoms with Crippen LogP contribution < -0.4 is 4.46 Å². The van der Waals surface area contributed by atoms with Crippen molar-refractivity contribution in [2.75, 3.05) is 0 Å². The minimum absolute atomic E-state index is 0.00668. The molecule has 2 fully saturated rings. The van der Waals surface area contributed by atoms with E-state index < -0.39 is 0 Å². The number of fused-ring (bicyclic) bond motifs is 1. The zero-order chi connectivity index (χ0) is 18.9. The molecule has 26 heavy (non-hydrogen) atoms. The van der Waals surface area contributed by atoms with E-state index >= 15 is 0 Å². The minimum atomic E-state index is -0.208. The maximum absolute atomic E-state index is 12.8. The number of rotatable bonds is 4.